The van der Waals surface area contributed by atoms with Crippen LogP contribution >= 0.6 is 0 Å². The maximum absolute atomic E-state index is 12.2. The molecule has 0 aliphatic carbocycles. The summed E-state index contributed by atoms with van der Waals surface area (Å²) in [6.07, 6.45) is 0. The number of hydrogen-bond donors (Lipinski definition) is 0. The van der Waals surface area contributed by atoms with E-state index in [1.165, 1.54) is 0 Å². The van der Waals surface area contributed by atoms with Gasteiger partial charge in [0.2, 0.25) is 0 Å². The second-order valence-electron chi connectivity index (χ2n) is 4.82. The highest BCUT2D eigenvalue weighted by Gasteiger charge is 2.21. The lowest BCUT2D eigenvalue weighted by atomic mass is 9.85. The fourth-order valence-electron chi connectivity index (χ4n) is 2.60. The summed E-state index contributed by atoms with van der Waals surface area (Å²) >= 11 is 0. The Morgan fingerprint density at radius 3 is 2.15 bits per heavy atom. The van der Waals surface area contributed by atoms with Gasteiger partial charge in [-0.1, -0.05) is 72.8 Å². The molecule has 3 aromatic rings. The highest BCUT2D eigenvalue weighted by Crippen LogP contribution is 2.30. The lowest BCUT2D eigenvalue weighted by Crippen LogP contribution is -2.12. The van der Waals surface area contributed by atoms with Crippen LogP contribution in [0, 0.1) is 5.92 Å². The second-order valence-corrected chi connectivity index (χ2v) is 4.82. The predicted molar refractivity (Wildman–Crippen MR) is 82.5 cm³/mol. The van der Waals surface area contributed by atoms with Crippen LogP contribution in [0.1, 0.15) is 18.1 Å². The standard InChI is InChI=1S/C19H15O/c1-14(20)19(16-9-3-2-4-10-16)18-13-7-11-15-8-5-6-12-17(15)18/h2-13H,1H3. The molecule has 3 rings (SSSR count). The van der Waals surface area contributed by atoms with Gasteiger partial charge in [0.05, 0.1) is 5.92 Å². The van der Waals surface area contributed by atoms with Gasteiger partial charge in [-0.25, -0.2) is 0 Å². The minimum atomic E-state index is 0.0903. The minimum absolute atomic E-state index is 0.0903. The number of carbonyl (C=O) groups excluding carboxylic acids is 1. The number of fused-ring (bicyclic) bond motifs is 1. The van der Waals surface area contributed by atoms with E-state index in [-0.39, 0.29) is 5.78 Å². The van der Waals surface area contributed by atoms with Gasteiger partial charge >= 0.3 is 0 Å². The van der Waals surface area contributed by atoms with Crippen molar-refractivity contribution in [3.63, 3.8) is 0 Å². The van der Waals surface area contributed by atoms with Gasteiger partial charge in [0.15, 0.2) is 0 Å². The Morgan fingerprint density at radius 1 is 0.750 bits per heavy atom. The molecule has 0 amide bonds. The number of rotatable bonds is 3. The van der Waals surface area contributed by atoms with E-state index in [2.05, 4.69) is 18.2 Å². The van der Waals surface area contributed by atoms with Crippen LogP contribution in [0.15, 0.2) is 72.8 Å². The molecular weight excluding hydrogens is 244 g/mol. The van der Waals surface area contributed by atoms with Crippen LogP contribution in [-0.4, -0.2) is 5.78 Å². The molecule has 0 N–H and O–H groups in total. The van der Waals surface area contributed by atoms with Crippen molar-refractivity contribution in [3.05, 3.63) is 89.8 Å². The van der Waals surface area contributed by atoms with Gasteiger partial charge in [0, 0.05) is 0 Å². The number of benzene rings is 3. The molecule has 1 nitrogen and oxygen atoms in total. The molecule has 0 spiro atoms. The Hall–Kier alpha value is -2.41. The first-order chi connectivity index (χ1) is 9.77. The number of ketones is 1. The summed E-state index contributed by atoms with van der Waals surface area (Å²) in [7, 11) is 0. The number of Topliss-reactive ketones (excluding diaryl/α,β-unsaturated/α-hetero) is 1. The second kappa shape index (κ2) is 5.30. The fraction of sp³-hybridized carbons (Fsp3) is 0.0526. The smallest absolute Gasteiger partial charge is 0.146 e. The maximum Gasteiger partial charge on any atom is 0.146 e. The normalized spacial score (nSPS) is 10.9. The lowest BCUT2D eigenvalue weighted by Gasteiger charge is -2.16. The Morgan fingerprint density at radius 2 is 1.40 bits per heavy atom. The quantitative estimate of drug-likeness (QED) is 0.681. The zero-order chi connectivity index (χ0) is 13.9. The molecule has 0 fully saturated rings. The summed E-state index contributed by atoms with van der Waals surface area (Å²) in [6, 6.07) is 24.1. The Bertz CT molecular complexity index is 739. The molecule has 97 valence electrons. The van der Waals surface area contributed by atoms with Crippen molar-refractivity contribution in [2.24, 2.45) is 0 Å². The fourth-order valence-corrected chi connectivity index (χ4v) is 2.60. The molecule has 0 heterocycles. The molecule has 0 atom stereocenters. The zero-order valence-corrected chi connectivity index (χ0v) is 11.3. The third kappa shape index (κ3) is 2.23. The lowest BCUT2D eigenvalue weighted by molar-refractivity contribution is -0.114. The van der Waals surface area contributed by atoms with Gasteiger partial charge in [0.1, 0.15) is 5.78 Å². The Balaban J connectivity index is 2.23. The van der Waals surface area contributed by atoms with E-state index < -0.39 is 0 Å². The van der Waals surface area contributed by atoms with E-state index in [1.807, 2.05) is 54.6 Å². The van der Waals surface area contributed by atoms with Crippen molar-refractivity contribution in [1.82, 2.24) is 0 Å². The average Bonchev–Trinajstić information content (AvgIpc) is 2.48. The molecule has 0 unspecified atom stereocenters. The van der Waals surface area contributed by atoms with Crippen molar-refractivity contribution in [1.29, 1.82) is 0 Å². The zero-order valence-electron chi connectivity index (χ0n) is 11.3. The van der Waals surface area contributed by atoms with Crippen molar-refractivity contribution in [3.8, 4) is 0 Å². The van der Waals surface area contributed by atoms with Crippen molar-refractivity contribution in [2.75, 3.05) is 0 Å². The highest BCUT2D eigenvalue weighted by molar-refractivity contribution is 6.03. The summed E-state index contributed by atoms with van der Waals surface area (Å²) in [5.41, 5.74) is 1.97. The molecule has 1 heteroatoms. The van der Waals surface area contributed by atoms with Crippen LogP contribution in [0.3, 0.4) is 0 Å². The van der Waals surface area contributed by atoms with E-state index in [1.54, 1.807) is 6.92 Å². The van der Waals surface area contributed by atoms with E-state index in [0.29, 0.717) is 0 Å². The van der Waals surface area contributed by atoms with Gasteiger partial charge < -0.3 is 0 Å². The van der Waals surface area contributed by atoms with Crippen molar-refractivity contribution in [2.45, 2.75) is 6.92 Å². The largest absolute Gasteiger partial charge is 0.299 e. The number of hydrogen-bond acceptors (Lipinski definition) is 1. The van der Waals surface area contributed by atoms with E-state index in [4.69, 9.17) is 0 Å². The van der Waals surface area contributed by atoms with Gasteiger partial charge in [-0.05, 0) is 28.8 Å². The van der Waals surface area contributed by atoms with E-state index >= 15 is 0 Å². The highest BCUT2D eigenvalue weighted by atomic mass is 16.1. The van der Waals surface area contributed by atoms with Gasteiger partial charge in [-0.15, -0.1) is 0 Å². The van der Waals surface area contributed by atoms with Crippen LogP contribution in [0.4, 0.5) is 0 Å². The molecule has 3 aromatic carbocycles. The van der Waals surface area contributed by atoms with Crippen LogP contribution in [0.5, 0.6) is 0 Å². The van der Waals surface area contributed by atoms with Crippen LogP contribution < -0.4 is 0 Å². The molecule has 0 saturated carbocycles. The first-order valence-electron chi connectivity index (χ1n) is 6.69. The summed E-state index contributed by atoms with van der Waals surface area (Å²) in [6.45, 7) is 1.63. The summed E-state index contributed by atoms with van der Waals surface area (Å²) < 4.78 is 0. The predicted octanol–water partition coefficient (Wildman–Crippen LogP) is 4.40. The molecule has 0 bridgehead atoms. The molecule has 0 aliphatic rings. The maximum atomic E-state index is 12.2. The van der Waals surface area contributed by atoms with Gasteiger partial charge in [-0.2, -0.15) is 0 Å². The van der Waals surface area contributed by atoms with Crippen LogP contribution in [0.25, 0.3) is 10.8 Å². The third-order valence-corrected chi connectivity index (χ3v) is 3.47. The first kappa shape index (κ1) is 12.6. The molecule has 0 aliphatic heterocycles. The Kier molecular flexibility index (Phi) is 3.34. The van der Waals surface area contributed by atoms with E-state index in [0.717, 1.165) is 27.8 Å². The topological polar surface area (TPSA) is 17.1 Å². The molecule has 20 heavy (non-hydrogen) atoms. The minimum Gasteiger partial charge on any atom is -0.299 e. The Labute approximate surface area is 118 Å². The van der Waals surface area contributed by atoms with Crippen molar-refractivity contribution < 1.29 is 4.79 Å². The van der Waals surface area contributed by atoms with Gasteiger partial charge in [-0.3, -0.25) is 4.79 Å². The summed E-state index contributed by atoms with van der Waals surface area (Å²) in [4.78, 5) is 12.2. The van der Waals surface area contributed by atoms with Crippen molar-refractivity contribution >= 4 is 16.6 Å². The van der Waals surface area contributed by atoms with Crippen LogP contribution in [-0.2, 0) is 4.79 Å². The monoisotopic (exact) mass is 259 g/mol. The first-order valence-corrected chi connectivity index (χ1v) is 6.69. The summed E-state index contributed by atoms with van der Waals surface area (Å²) in [5, 5.41) is 2.27. The van der Waals surface area contributed by atoms with Crippen LogP contribution in [0.2, 0.25) is 0 Å². The molecular formula is C19H15O. The average molecular weight is 259 g/mol. The number of carbonyl (C=O) groups is 1. The van der Waals surface area contributed by atoms with Gasteiger partial charge in [0.25, 0.3) is 0 Å². The molecule has 1 radical (unpaired) electrons. The summed E-state index contributed by atoms with van der Waals surface area (Å²) in [5.74, 6) is 0.870. The van der Waals surface area contributed by atoms with E-state index in [9.17, 15) is 4.79 Å². The molecule has 0 aromatic heterocycles. The third-order valence-electron chi connectivity index (χ3n) is 3.47. The SMILES string of the molecule is CC(=O)[C](c1ccccc1)c1cccc2ccccc12. The molecule has 0 saturated heterocycles.